The van der Waals surface area contributed by atoms with Crippen molar-refractivity contribution in [2.75, 3.05) is 6.54 Å². The van der Waals surface area contributed by atoms with Crippen LogP contribution in [0.1, 0.15) is 57.8 Å². The lowest BCUT2D eigenvalue weighted by molar-refractivity contribution is -0.125. The lowest BCUT2D eigenvalue weighted by atomic mass is 9.96. The average molecular weight is 415 g/mol. The average Bonchev–Trinajstić information content (AvgIpc) is 3.20. The molecule has 0 radical (unpaired) electrons. The van der Waals surface area contributed by atoms with E-state index in [0.29, 0.717) is 13.0 Å². The van der Waals surface area contributed by atoms with E-state index < -0.39 is 16.1 Å². The monoisotopic (exact) mass is 414 g/mol. The molecule has 2 aromatic rings. The molecule has 29 heavy (non-hydrogen) atoms. The summed E-state index contributed by atoms with van der Waals surface area (Å²) in [5, 5.41) is 5.06. The fourth-order valence-electron chi connectivity index (χ4n) is 4.65. The molecule has 2 aromatic carbocycles. The van der Waals surface area contributed by atoms with E-state index in [1.807, 2.05) is 30.3 Å². The number of amides is 1. The Morgan fingerprint density at radius 2 is 1.55 bits per heavy atom. The first-order valence-corrected chi connectivity index (χ1v) is 12.3. The Labute approximate surface area is 173 Å². The zero-order valence-corrected chi connectivity index (χ0v) is 17.7. The number of hydrogen-bond donors (Lipinski definition) is 1. The van der Waals surface area contributed by atoms with Gasteiger partial charge in [-0.05, 0) is 48.6 Å². The Hall–Kier alpha value is -1.92. The Morgan fingerprint density at radius 3 is 2.31 bits per heavy atom. The minimum absolute atomic E-state index is 0.127. The predicted molar refractivity (Wildman–Crippen MR) is 115 cm³/mol. The van der Waals surface area contributed by atoms with Gasteiger partial charge in [-0.15, -0.1) is 0 Å². The Kier molecular flexibility index (Phi) is 6.20. The highest BCUT2D eigenvalue weighted by Crippen LogP contribution is 2.28. The molecule has 0 bridgehead atoms. The van der Waals surface area contributed by atoms with Crippen molar-refractivity contribution >= 4 is 26.7 Å². The summed E-state index contributed by atoms with van der Waals surface area (Å²) >= 11 is 0. The van der Waals surface area contributed by atoms with Crippen LogP contribution in [-0.2, 0) is 14.8 Å². The second-order valence-corrected chi connectivity index (χ2v) is 10.2. The maximum Gasteiger partial charge on any atom is 0.243 e. The van der Waals surface area contributed by atoms with Crippen molar-refractivity contribution in [1.29, 1.82) is 0 Å². The fraction of sp³-hybridized carbons (Fsp3) is 0.522. The molecule has 0 aromatic heterocycles. The maximum atomic E-state index is 13.3. The highest BCUT2D eigenvalue weighted by molar-refractivity contribution is 7.89. The smallest absolute Gasteiger partial charge is 0.243 e. The highest BCUT2D eigenvalue weighted by atomic mass is 32.2. The third kappa shape index (κ3) is 4.48. The summed E-state index contributed by atoms with van der Waals surface area (Å²) in [7, 11) is -3.71. The number of nitrogens with one attached hydrogen (secondary N) is 1. The van der Waals surface area contributed by atoms with Crippen molar-refractivity contribution in [3.8, 4) is 0 Å². The number of benzene rings is 2. The Bertz CT molecular complexity index is 965. The first kappa shape index (κ1) is 20.4. The van der Waals surface area contributed by atoms with Gasteiger partial charge in [-0.3, -0.25) is 4.79 Å². The van der Waals surface area contributed by atoms with Crippen LogP contribution in [0.3, 0.4) is 0 Å². The van der Waals surface area contributed by atoms with Gasteiger partial charge in [-0.2, -0.15) is 4.31 Å². The van der Waals surface area contributed by atoms with Crippen LogP contribution in [0.15, 0.2) is 47.4 Å². The number of hydrogen-bond acceptors (Lipinski definition) is 3. The Morgan fingerprint density at radius 1 is 0.862 bits per heavy atom. The molecule has 4 rings (SSSR count). The van der Waals surface area contributed by atoms with Crippen LogP contribution in [0.25, 0.3) is 10.8 Å². The van der Waals surface area contributed by atoms with Crippen molar-refractivity contribution in [2.24, 2.45) is 0 Å². The normalized spacial score (nSPS) is 22.3. The number of fused-ring (bicyclic) bond motifs is 1. The van der Waals surface area contributed by atoms with Crippen molar-refractivity contribution < 1.29 is 13.2 Å². The van der Waals surface area contributed by atoms with E-state index in [0.717, 1.165) is 42.9 Å². The largest absolute Gasteiger partial charge is 0.352 e. The second-order valence-electron chi connectivity index (χ2n) is 8.33. The highest BCUT2D eigenvalue weighted by Gasteiger charge is 2.40. The van der Waals surface area contributed by atoms with Crippen molar-refractivity contribution in [2.45, 2.75) is 74.8 Å². The van der Waals surface area contributed by atoms with Gasteiger partial charge in [0.2, 0.25) is 15.9 Å². The molecule has 5 nitrogen and oxygen atoms in total. The van der Waals surface area contributed by atoms with Gasteiger partial charge in [0.25, 0.3) is 0 Å². The van der Waals surface area contributed by atoms with Gasteiger partial charge in [0, 0.05) is 12.6 Å². The molecular formula is C23H30N2O3S. The molecule has 1 heterocycles. The Balaban J connectivity index is 1.52. The topological polar surface area (TPSA) is 66.5 Å². The zero-order valence-electron chi connectivity index (χ0n) is 16.8. The predicted octanol–water partition coefficient (Wildman–Crippen LogP) is 4.22. The number of sulfonamides is 1. The van der Waals surface area contributed by atoms with Crippen LogP contribution in [0.4, 0.5) is 0 Å². The van der Waals surface area contributed by atoms with Gasteiger partial charge in [0.1, 0.15) is 6.04 Å². The van der Waals surface area contributed by atoms with Crippen molar-refractivity contribution in [3.05, 3.63) is 42.5 Å². The minimum atomic E-state index is -3.71. The van der Waals surface area contributed by atoms with E-state index in [4.69, 9.17) is 0 Å². The summed E-state index contributed by atoms with van der Waals surface area (Å²) in [6.07, 6.45) is 9.29. The van der Waals surface area contributed by atoms with Crippen molar-refractivity contribution in [1.82, 2.24) is 9.62 Å². The van der Waals surface area contributed by atoms with Gasteiger partial charge in [0.05, 0.1) is 4.90 Å². The molecule has 0 spiro atoms. The molecule has 1 atom stereocenters. The summed E-state index contributed by atoms with van der Waals surface area (Å²) in [5.74, 6) is -0.127. The molecule has 1 N–H and O–H groups in total. The molecule has 1 aliphatic heterocycles. The molecule has 1 amide bonds. The van der Waals surface area contributed by atoms with Crippen LogP contribution in [0.2, 0.25) is 0 Å². The molecule has 2 fully saturated rings. The molecule has 6 heteroatoms. The van der Waals surface area contributed by atoms with Crippen molar-refractivity contribution in [3.63, 3.8) is 0 Å². The van der Waals surface area contributed by atoms with E-state index in [1.165, 1.54) is 23.6 Å². The third-order valence-corrected chi connectivity index (χ3v) is 8.19. The molecular weight excluding hydrogens is 384 g/mol. The molecule has 2 aliphatic rings. The molecule has 156 valence electrons. The van der Waals surface area contributed by atoms with Crippen LogP contribution in [-0.4, -0.2) is 37.3 Å². The first-order valence-electron chi connectivity index (χ1n) is 10.9. The summed E-state index contributed by atoms with van der Waals surface area (Å²) in [6, 6.07) is 12.5. The maximum absolute atomic E-state index is 13.3. The lowest BCUT2D eigenvalue weighted by Gasteiger charge is -2.27. The van der Waals surface area contributed by atoms with Gasteiger partial charge < -0.3 is 5.32 Å². The summed E-state index contributed by atoms with van der Waals surface area (Å²) < 4.78 is 28.1. The summed E-state index contributed by atoms with van der Waals surface area (Å²) in [5.41, 5.74) is 0. The molecule has 1 aliphatic carbocycles. The van der Waals surface area contributed by atoms with Crippen LogP contribution in [0.5, 0.6) is 0 Å². The molecule has 0 unspecified atom stereocenters. The summed E-state index contributed by atoms with van der Waals surface area (Å²) in [6.45, 7) is 0.401. The summed E-state index contributed by atoms with van der Waals surface area (Å²) in [4.78, 5) is 13.3. The van der Waals surface area contributed by atoms with E-state index in [2.05, 4.69) is 5.32 Å². The quantitative estimate of drug-likeness (QED) is 0.814. The standard InChI is InChI=1S/C23H30N2O3S/c26-23(24-20-11-4-2-1-3-5-12-20)22-13-8-16-25(22)29(27,28)21-15-14-18-9-6-7-10-19(18)17-21/h6-7,9-10,14-15,17,20,22H,1-5,8,11-13,16H2,(H,24,26)/t22-/m0/s1. The SMILES string of the molecule is O=C(NC1CCCCCCC1)[C@@H]1CCCN1S(=O)(=O)c1ccc2ccccc2c1. The lowest BCUT2D eigenvalue weighted by Crippen LogP contribution is -2.48. The van der Waals surface area contributed by atoms with Gasteiger partial charge in [-0.25, -0.2) is 8.42 Å². The van der Waals surface area contributed by atoms with Crippen LogP contribution in [0, 0.1) is 0 Å². The minimum Gasteiger partial charge on any atom is -0.352 e. The van der Waals surface area contributed by atoms with Crippen LogP contribution < -0.4 is 5.32 Å². The van der Waals surface area contributed by atoms with Crippen LogP contribution >= 0.6 is 0 Å². The molecule has 1 saturated carbocycles. The number of rotatable bonds is 4. The van der Waals surface area contributed by atoms with Gasteiger partial charge >= 0.3 is 0 Å². The number of nitrogens with zero attached hydrogens (tertiary/aromatic N) is 1. The first-order chi connectivity index (χ1) is 14.1. The fourth-order valence-corrected chi connectivity index (χ4v) is 6.34. The zero-order chi connectivity index (χ0) is 20.3. The van der Waals surface area contributed by atoms with E-state index in [9.17, 15) is 13.2 Å². The van der Waals surface area contributed by atoms with E-state index >= 15 is 0 Å². The van der Waals surface area contributed by atoms with Gasteiger partial charge in [0.15, 0.2) is 0 Å². The van der Waals surface area contributed by atoms with E-state index in [-0.39, 0.29) is 16.8 Å². The molecule has 1 saturated heterocycles. The second kappa shape index (κ2) is 8.84. The number of carbonyl (C=O) groups is 1. The third-order valence-electron chi connectivity index (χ3n) is 6.29. The van der Waals surface area contributed by atoms with E-state index in [1.54, 1.807) is 12.1 Å². The van der Waals surface area contributed by atoms with Gasteiger partial charge in [-0.1, -0.05) is 62.4 Å². The number of carbonyl (C=O) groups excluding carboxylic acids is 1.